The lowest BCUT2D eigenvalue weighted by atomic mass is 9.76. The zero-order chi connectivity index (χ0) is 21.6. The van der Waals surface area contributed by atoms with E-state index in [2.05, 4.69) is 40.3 Å². The second-order valence-electron chi connectivity index (χ2n) is 9.74. The van der Waals surface area contributed by atoms with Crippen LogP contribution in [0, 0.1) is 12.8 Å². The molecular formula is C24H34N4O2S. The number of piperidine rings is 1. The van der Waals surface area contributed by atoms with Gasteiger partial charge in [-0.1, -0.05) is 6.92 Å². The summed E-state index contributed by atoms with van der Waals surface area (Å²) in [7, 11) is 0. The molecule has 168 valence electrons. The predicted molar refractivity (Wildman–Crippen MR) is 123 cm³/mol. The molecule has 31 heavy (non-hydrogen) atoms. The molecule has 2 N–H and O–H groups in total. The van der Waals surface area contributed by atoms with Crippen molar-refractivity contribution in [3.63, 3.8) is 0 Å². The van der Waals surface area contributed by atoms with E-state index < -0.39 is 0 Å². The number of aromatic nitrogens is 2. The Hall–Kier alpha value is -1.70. The summed E-state index contributed by atoms with van der Waals surface area (Å²) in [5, 5.41) is 10.0. The maximum Gasteiger partial charge on any atom is 0.271 e. The van der Waals surface area contributed by atoms with Crippen LogP contribution in [-0.2, 0) is 23.2 Å². The highest BCUT2D eigenvalue weighted by atomic mass is 32.1. The summed E-state index contributed by atoms with van der Waals surface area (Å²) < 4.78 is 6.48. The Kier molecular flexibility index (Phi) is 5.69. The Morgan fingerprint density at radius 2 is 2.26 bits per heavy atom. The second-order valence-corrected chi connectivity index (χ2v) is 11.0. The first-order valence-electron chi connectivity index (χ1n) is 11.8. The minimum absolute atomic E-state index is 0.0615. The number of aryl methyl sites for hydroxylation is 2. The van der Waals surface area contributed by atoms with Gasteiger partial charge in [0, 0.05) is 47.0 Å². The number of H-pyrrole nitrogens is 1. The van der Waals surface area contributed by atoms with E-state index in [-0.39, 0.29) is 17.6 Å². The molecule has 0 bridgehead atoms. The van der Waals surface area contributed by atoms with Gasteiger partial charge >= 0.3 is 0 Å². The summed E-state index contributed by atoms with van der Waals surface area (Å²) in [5.41, 5.74) is 2.83. The summed E-state index contributed by atoms with van der Waals surface area (Å²) >= 11 is 2.00. The van der Waals surface area contributed by atoms with Crippen molar-refractivity contribution < 1.29 is 9.53 Å². The van der Waals surface area contributed by atoms with Gasteiger partial charge in [-0.15, -0.1) is 11.3 Å². The van der Waals surface area contributed by atoms with Gasteiger partial charge in [-0.3, -0.25) is 9.89 Å². The van der Waals surface area contributed by atoms with E-state index in [1.54, 1.807) is 10.9 Å². The Bertz CT molecular complexity index is 947. The predicted octanol–water partition coefficient (Wildman–Crippen LogP) is 3.80. The van der Waals surface area contributed by atoms with Crippen LogP contribution in [0.3, 0.4) is 0 Å². The number of fused-ring (bicyclic) bond motifs is 2. The highest BCUT2D eigenvalue weighted by Crippen LogP contribution is 2.46. The molecular weight excluding hydrogens is 408 g/mol. The summed E-state index contributed by atoms with van der Waals surface area (Å²) in [4.78, 5) is 18.0. The molecule has 2 aliphatic heterocycles. The van der Waals surface area contributed by atoms with Crippen molar-refractivity contribution >= 4 is 17.2 Å². The lowest BCUT2D eigenvalue weighted by molar-refractivity contribution is -0.114. The fourth-order valence-corrected chi connectivity index (χ4v) is 6.85. The van der Waals surface area contributed by atoms with Crippen LogP contribution < -0.4 is 5.32 Å². The number of ether oxygens (including phenoxy) is 1. The second kappa shape index (κ2) is 8.34. The molecule has 2 aromatic rings. The largest absolute Gasteiger partial charge is 0.370 e. The zero-order valence-corrected chi connectivity index (χ0v) is 19.7. The fraction of sp³-hybridized carbons (Fsp3) is 0.667. The minimum atomic E-state index is -0.0643. The number of aromatic amines is 1. The molecule has 2 aromatic heterocycles. The van der Waals surface area contributed by atoms with Gasteiger partial charge in [-0.05, 0) is 69.6 Å². The average molecular weight is 443 g/mol. The SMILES string of the molecule is CCc1cc2c(s1)CCO[C@@]21CCN(C[C@H]2C[C@@H](NC(=O)c3cc(C)[nH]n3)C2)[C@@H](C)C1. The Labute approximate surface area is 188 Å². The molecule has 7 heteroatoms. The highest BCUT2D eigenvalue weighted by molar-refractivity contribution is 7.12. The normalized spacial score (nSPS) is 30.7. The third kappa shape index (κ3) is 4.08. The van der Waals surface area contributed by atoms with E-state index in [9.17, 15) is 4.79 Å². The van der Waals surface area contributed by atoms with Crippen molar-refractivity contribution in [2.45, 2.75) is 77.0 Å². The standard InChI is InChI=1S/C24H34N4O2S/c1-4-19-12-20-22(31-19)5-8-30-24(20)6-7-28(16(3)13-24)14-17-10-18(11-17)25-23(29)21-9-15(2)26-27-21/h9,12,16-18H,4-8,10-11,13-14H2,1-3H3,(H,25,29)(H,26,27)/t16-,17-,18+,24+/m0/s1. The number of carbonyl (C=O) groups excluding carboxylic acids is 1. The quantitative estimate of drug-likeness (QED) is 0.739. The molecule has 3 aliphatic rings. The molecule has 6 nitrogen and oxygen atoms in total. The van der Waals surface area contributed by atoms with Gasteiger partial charge in [0.05, 0.1) is 12.2 Å². The lowest BCUT2D eigenvalue weighted by Crippen LogP contribution is -2.54. The van der Waals surface area contributed by atoms with Crippen molar-refractivity contribution in [2.75, 3.05) is 19.7 Å². The molecule has 0 unspecified atom stereocenters. The van der Waals surface area contributed by atoms with Crippen LogP contribution in [0.5, 0.6) is 0 Å². The van der Waals surface area contributed by atoms with E-state index in [1.807, 2.05) is 18.3 Å². The number of nitrogens with zero attached hydrogens (tertiary/aromatic N) is 2. The molecule has 4 heterocycles. The third-order valence-electron chi connectivity index (χ3n) is 7.46. The van der Waals surface area contributed by atoms with Crippen molar-refractivity contribution in [3.8, 4) is 0 Å². The van der Waals surface area contributed by atoms with Crippen molar-refractivity contribution in [2.24, 2.45) is 5.92 Å². The van der Waals surface area contributed by atoms with Crippen LogP contribution >= 0.6 is 11.3 Å². The first-order valence-corrected chi connectivity index (χ1v) is 12.6. The maximum absolute atomic E-state index is 12.3. The van der Waals surface area contributed by atoms with Gasteiger partial charge in [0.15, 0.2) is 0 Å². The molecule has 1 spiro atoms. The summed E-state index contributed by atoms with van der Waals surface area (Å²) in [6.07, 6.45) is 6.51. The van der Waals surface area contributed by atoms with Crippen molar-refractivity contribution in [3.05, 3.63) is 38.8 Å². The number of likely N-dealkylation sites (tertiary alicyclic amines) is 1. The van der Waals surface area contributed by atoms with Gasteiger partial charge in [0.25, 0.3) is 5.91 Å². The van der Waals surface area contributed by atoms with Gasteiger partial charge in [-0.25, -0.2) is 0 Å². The van der Waals surface area contributed by atoms with Crippen LogP contribution in [0.25, 0.3) is 0 Å². The highest BCUT2D eigenvalue weighted by Gasteiger charge is 2.45. The van der Waals surface area contributed by atoms with Gasteiger partial charge in [-0.2, -0.15) is 5.10 Å². The number of hydrogen-bond acceptors (Lipinski definition) is 5. The number of carbonyl (C=O) groups is 1. The zero-order valence-electron chi connectivity index (χ0n) is 18.9. The molecule has 0 radical (unpaired) electrons. The van der Waals surface area contributed by atoms with E-state index in [1.165, 1.54) is 10.4 Å². The molecule has 5 rings (SSSR count). The molecule has 1 aliphatic carbocycles. The van der Waals surface area contributed by atoms with Crippen LogP contribution in [0.1, 0.15) is 71.0 Å². The smallest absolute Gasteiger partial charge is 0.271 e. The topological polar surface area (TPSA) is 70.2 Å². The van der Waals surface area contributed by atoms with Crippen LogP contribution in [-0.4, -0.2) is 52.8 Å². The number of hydrogen-bond donors (Lipinski definition) is 2. The summed E-state index contributed by atoms with van der Waals surface area (Å²) in [6.45, 7) is 9.61. The van der Waals surface area contributed by atoms with Gasteiger partial charge in [0.2, 0.25) is 0 Å². The molecule has 1 saturated heterocycles. The van der Waals surface area contributed by atoms with E-state index in [0.717, 1.165) is 63.9 Å². The fourth-order valence-electron chi connectivity index (χ4n) is 5.67. The van der Waals surface area contributed by atoms with Crippen molar-refractivity contribution in [1.82, 2.24) is 20.4 Å². The van der Waals surface area contributed by atoms with Crippen molar-refractivity contribution in [1.29, 1.82) is 0 Å². The van der Waals surface area contributed by atoms with Crippen LogP contribution in [0.15, 0.2) is 12.1 Å². The Morgan fingerprint density at radius 3 is 2.97 bits per heavy atom. The molecule has 2 atom stereocenters. The van der Waals surface area contributed by atoms with E-state index in [4.69, 9.17) is 4.74 Å². The molecule has 2 fully saturated rings. The van der Waals surface area contributed by atoms with E-state index in [0.29, 0.717) is 17.7 Å². The number of nitrogens with one attached hydrogen (secondary N) is 2. The summed E-state index contributed by atoms with van der Waals surface area (Å²) in [6, 6.07) is 5.03. The van der Waals surface area contributed by atoms with Crippen LogP contribution in [0.2, 0.25) is 0 Å². The first kappa shape index (κ1) is 21.2. The van der Waals surface area contributed by atoms with Gasteiger partial charge in [0.1, 0.15) is 5.69 Å². The van der Waals surface area contributed by atoms with Gasteiger partial charge < -0.3 is 15.0 Å². The van der Waals surface area contributed by atoms with Crippen LogP contribution in [0.4, 0.5) is 0 Å². The lowest BCUT2D eigenvalue weighted by Gasteiger charge is -2.49. The molecule has 1 amide bonds. The number of rotatable bonds is 5. The number of thiophene rings is 1. The molecule has 0 aromatic carbocycles. The Morgan fingerprint density at radius 1 is 1.42 bits per heavy atom. The third-order valence-corrected chi connectivity index (χ3v) is 8.80. The van der Waals surface area contributed by atoms with E-state index >= 15 is 0 Å². The summed E-state index contributed by atoms with van der Waals surface area (Å²) in [5.74, 6) is 0.604. The minimum Gasteiger partial charge on any atom is -0.370 e. The maximum atomic E-state index is 12.3. The monoisotopic (exact) mass is 442 g/mol. The average Bonchev–Trinajstić information content (AvgIpc) is 3.35. The molecule has 1 saturated carbocycles. The number of amides is 1. The Balaban J connectivity index is 1.14. The first-order chi connectivity index (χ1) is 15.0.